The number of para-hydroxylation sites is 2. The van der Waals surface area contributed by atoms with E-state index in [1.54, 1.807) is 48.5 Å². The van der Waals surface area contributed by atoms with Crippen molar-refractivity contribution in [2.24, 2.45) is 5.10 Å². The van der Waals surface area contributed by atoms with E-state index in [4.69, 9.17) is 16.3 Å². The Morgan fingerprint density at radius 1 is 0.970 bits per heavy atom. The van der Waals surface area contributed by atoms with Gasteiger partial charge in [-0.2, -0.15) is 10.4 Å². The summed E-state index contributed by atoms with van der Waals surface area (Å²) < 4.78 is 5.85. The summed E-state index contributed by atoms with van der Waals surface area (Å²) in [5, 5.41) is 16.3. The number of hydrogen-bond acceptors (Lipinski definition) is 5. The van der Waals surface area contributed by atoms with Crippen molar-refractivity contribution in [3.8, 4) is 11.8 Å². The van der Waals surface area contributed by atoms with Crippen LogP contribution in [0.3, 0.4) is 0 Å². The molecule has 0 aliphatic carbocycles. The summed E-state index contributed by atoms with van der Waals surface area (Å²) in [6.07, 6.45) is 1.43. The van der Waals surface area contributed by atoms with Crippen molar-refractivity contribution in [1.82, 2.24) is 5.43 Å². The lowest BCUT2D eigenvalue weighted by Gasteiger charge is -2.10. The van der Waals surface area contributed by atoms with Gasteiger partial charge in [0.2, 0.25) is 11.8 Å². The van der Waals surface area contributed by atoms with Gasteiger partial charge in [-0.15, -0.1) is 0 Å². The lowest BCUT2D eigenvalue weighted by Crippen LogP contribution is -2.20. The number of benzene rings is 3. The van der Waals surface area contributed by atoms with Crippen molar-refractivity contribution in [1.29, 1.82) is 5.26 Å². The highest BCUT2D eigenvalue weighted by molar-refractivity contribution is 6.33. The highest BCUT2D eigenvalue weighted by Crippen LogP contribution is 2.21. The molecule has 0 saturated heterocycles. The van der Waals surface area contributed by atoms with Crippen LogP contribution >= 0.6 is 11.6 Å². The monoisotopic (exact) mass is 460 g/mol. The van der Waals surface area contributed by atoms with Crippen molar-refractivity contribution >= 4 is 35.3 Å². The number of anilines is 1. The summed E-state index contributed by atoms with van der Waals surface area (Å²) in [6.45, 7) is 0.224. The van der Waals surface area contributed by atoms with Crippen LogP contribution in [0.4, 0.5) is 5.69 Å². The quantitative estimate of drug-likeness (QED) is 0.358. The molecule has 33 heavy (non-hydrogen) atoms. The van der Waals surface area contributed by atoms with Crippen molar-refractivity contribution in [2.45, 2.75) is 19.4 Å². The number of nitriles is 1. The average Bonchev–Trinajstić information content (AvgIpc) is 2.84. The Morgan fingerprint density at radius 3 is 2.48 bits per heavy atom. The molecule has 3 aromatic carbocycles. The van der Waals surface area contributed by atoms with Crippen LogP contribution in [0.2, 0.25) is 5.02 Å². The van der Waals surface area contributed by atoms with E-state index >= 15 is 0 Å². The number of carbonyl (C=O) groups is 2. The van der Waals surface area contributed by atoms with Crippen molar-refractivity contribution in [2.75, 3.05) is 5.32 Å². The highest BCUT2D eigenvalue weighted by atomic mass is 35.5. The maximum absolute atomic E-state index is 12.0. The zero-order valence-electron chi connectivity index (χ0n) is 17.6. The molecule has 7 nitrogen and oxygen atoms in total. The molecule has 0 radical (unpaired) electrons. The summed E-state index contributed by atoms with van der Waals surface area (Å²) in [5.74, 6) is -0.164. The third kappa shape index (κ3) is 7.20. The van der Waals surface area contributed by atoms with Gasteiger partial charge in [0.05, 0.1) is 28.6 Å². The summed E-state index contributed by atoms with van der Waals surface area (Å²) in [7, 11) is 0. The number of hydrazone groups is 1. The molecule has 166 valence electrons. The first-order valence-corrected chi connectivity index (χ1v) is 10.5. The topological polar surface area (TPSA) is 104 Å². The number of rotatable bonds is 9. The molecule has 3 aromatic rings. The predicted molar refractivity (Wildman–Crippen MR) is 127 cm³/mol. The smallest absolute Gasteiger partial charge is 0.240 e. The normalized spacial score (nSPS) is 10.4. The van der Waals surface area contributed by atoms with Crippen LogP contribution in [0.1, 0.15) is 29.5 Å². The highest BCUT2D eigenvalue weighted by Gasteiger charge is 2.09. The average molecular weight is 461 g/mol. The van der Waals surface area contributed by atoms with Gasteiger partial charge in [0.1, 0.15) is 12.4 Å². The Labute approximate surface area is 196 Å². The van der Waals surface area contributed by atoms with Crippen LogP contribution in [0.5, 0.6) is 5.75 Å². The molecule has 2 N–H and O–H groups in total. The van der Waals surface area contributed by atoms with Crippen LogP contribution in [-0.4, -0.2) is 18.0 Å². The first-order valence-electron chi connectivity index (χ1n) is 10.1. The molecule has 0 unspecified atom stereocenters. The van der Waals surface area contributed by atoms with Crippen LogP contribution in [0.25, 0.3) is 0 Å². The van der Waals surface area contributed by atoms with Crippen LogP contribution in [-0.2, 0) is 16.2 Å². The minimum Gasteiger partial charge on any atom is -0.488 e. The van der Waals surface area contributed by atoms with Gasteiger partial charge < -0.3 is 10.1 Å². The zero-order valence-corrected chi connectivity index (χ0v) is 18.4. The fourth-order valence-electron chi connectivity index (χ4n) is 2.86. The van der Waals surface area contributed by atoms with E-state index in [0.717, 1.165) is 5.56 Å². The van der Waals surface area contributed by atoms with Crippen LogP contribution in [0.15, 0.2) is 77.9 Å². The van der Waals surface area contributed by atoms with Gasteiger partial charge in [0.15, 0.2) is 0 Å². The molecule has 0 aromatic heterocycles. The fraction of sp³-hybridized carbons (Fsp3) is 0.120. The number of nitrogens with one attached hydrogen (secondary N) is 2. The first kappa shape index (κ1) is 23.5. The first-order chi connectivity index (χ1) is 16.1. The van der Waals surface area contributed by atoms with Crippen LogP contribution < -0.4 is 15.5 Å². The third-order valence-corrected chi connectivity index (χ3v) is 4.89. The molecule has 3 rings (SSSR count). The number of amides is 2. The summed E-state index contributed by atoms with van der Waals surface area (Å²) in [4.78, 5) is 24.0. The molecule has 0 bridgehead atoms. The lowest BCUT2D eigenvalue weighted by atomic mass is 10.1. The molecule has 0 atom stereocenters. The van der Waals surface area contributed by atoms with Gasteiger partial charge in [0, 0.05) is 24.0 Å². The molecule has 2 amide bonds. The summed E-state index contributed by atoms with van der Waals surface area (Å²) in [6, 6.07) is 23.4. The molecule has 8 heteroatoms. The Bertz CT molecular complexity index is 1200. The zero-order chi connectivity index (χ0) is 23.5. The van der Waals surface area contributed by atoms with Gasteiger partial charge >= 0.3 is 0 Å². The van der Waals surface area contributed by atoms with Crippen molar-refractivity contribution in [3.63, 3.8) is 0 Å². The molecule has 0 aliphatic heterocycles. The Hall–Kier alpha value is -4.15. The number of halogens is 1. The Balaban J connectivity index is 1.50. The summed E-state index contributed by atoms with van der Waals surface area (Å²) in [5.41, 5.74) is 4.88. The molecule has 0 heterocycles. The lowest BCUT2D eigenvalue weighted by molar-refractivity contribution is -0.124. The van der Waals surface area contributed by atoms with Gasteiger partial charge in [-0.05, 0) is 30.3 Å². The maximum atomic E-state index is 12.0. The minimum atomic E-state index is -0.401. The number of carbonyl (C=O) groups excluding carboxylic acids is 2. The second-order valence-corrected chi connectivity index (χ2v) is 7.32. The van der Waals surface area contributed by atoms with E-state index in [1.165, 1.54) is 6.21 Å². The van der Waals surface area contributed by atoms with E-state index < -0.39 is 5.91 Å². The second-order valence-electron chi connectivity index (χ2n) is 6.92. The van der Waals surface area contributed by atoms with E-state index in [9.17, 15) is 14.9 Å². The third-order valence-electron chi connectivity index (χ3n) is 4.56. The molecule has 0 spiro atoms. The van der Waals surface area contributed by atoms with Crippen molar-refractivity contribution < 1.29 is 14.3 Å². The van der Waals surface area contributed by atoms with E-state index in [0.29, 0.717) is 27.6 Å². The SMILES string of the molecule is N#Cc1ccccc1COc1ccccc1C=NNC(=O)CCC(=O)Nc1ccccc1Cl. The predicted octanol–water partition coefficient (Wildman–Crippen LogP) is 4.66. The van der Waals surface area contributed by atoms with Gasteiger partial charge in [0.25, 0.3) is 0 Å². The van der Waals surface area contributed by atoms with Gasteiger partial charge in [-0.1, -0.05) is 54.1 Å². The Morgan fingerprint density at radius 2 is 1.67 bits per heavy atom. The minimum absolute atomic E-state index is 0.00935. The van der Waals surface area contributed by atoms with Gasteiger partial charge in [-0.25, -0.2) is 5.43 Å². The number of nitrogens with zero attached hydrogens (tertiary/aromatic N) is 2. The largest absolute Gasteiger partial charge is 0.488 e. The standard InChI is InChI=1S/C25H21ClN4O3/c26-21-10-4-5-11-22(21)29-24(31)13-14-25(32)30-28-16-19-8-3-6-12-23(19)33-17-20-9-2-1-7-18(20)15-27/h1-12,16H,13-14,17H2,(H,29,31)(H,30,32). The van der Waals surface area contributed by atoms with E-state index in [-0.39, 0.29) is 25.4 Å². The van der Waals surface area contributed by atoms with Crippen LogP contribution in [0, 0.1) is 11.3 Å². The number of hydrogen-bond donors (Lipinski definition) is 2. The van der Waals surface area contributed by atoms with Crippen molar-refractivity contribution in [3.05, 3.63) is 94.5 Å². The second kappa shape index (κ2) is 12.0. The molecule has 0 aliphatic rings. The fourth-order valence-corrected chi connectivity index (χ4v) is 3.04. The molecular weight excluding hydrogens is 440 g/mol. The Kier molecular flexibility index (Phi) is 8.57. The number of ether oxygens (including phenoxy) is 1. The molecular formula is C25H21ClN4O3. The van der Waals surface area contributed by atoms with E-state index in [1.807, 2.05) is 24.3 Å². The molecule has 0 saturated carbocycles. The molecule has 0 fully saturated rings. The van der Waals surface area contributed by atoms with Gasteiger partial charge in [-0.3, -0.25) is 9.59 Å². The summed E-state index contributed by atoms with van der Waals surface area (Å²) >= 11 is 6.01. The maximum Gasteiger partial charge on any atom is 0.240 e. The van der Waals surface area contributed by atoms with E-state index in [2.05, 4.69) is 21.9 Å².